The topological polar surface area (TPSA) is 64.4 Å². The van der Waals surface area contributed by atoms with Crippen molar-refractivity contribution in [1.82, 2.24) is 5.32 Å². The summed E-state index contributed by atoms with van der Waals surface area (Å²) in [7, 11) is 0. The Morgan fingerprint density at radius 2 is 2.05 bits per heavy atom. The van der Waals surface area contributed by atoms with E-state index in [0.29, 0.717) is 19.7 Å². The summed E-state index contributed by atoms with van der Waals surface area (Å²) in [4.78, 5) is 12.0. The lowest BCUT2D eigenvalue weighted by Crippen LogP contribution is -2.35. The number of carbonyl (C=O) groups excluding carboxylic acids is 1. The molecule has 1 unspecified atom stereocenters. The van der Waals surface area contributed by atoms with Gasteiger partial charge in [-0.2, -0.15) is 0 Å². The van der Waals surface area contributed by atoms with Crippen LogP contribution in [0.5, 0.6) is 0 Å². The van der Waals surface area contributed by atoms with Crippen LogP contribution in [0.25, 0.3) is 0 Å². The van der Waals surface area contributed by atoms with Crippen molar-refractivity contribution in [2.45, 2.75) is 18.8 Å². The molecule has 3 N–H and O–H groups in total. The Morgan fingerprint density at radius 3 is 2.65 bits per heavy atom. The lowest BCUT2D eigenvalue weighted by molar-refractivity contribution is -0.122. The lowest BCUT2D eigenvalue weighted by Gasteiger charge is -2.15. The van der Waals surface area contributed by atoms with Crippen molar-refractivity contribution in [2.24, 2.45) is 11.7 Å². The van der Waals surface area contributed by atoms with Gasteiger partial charge < -0.3 is 15.8 Å². The fourth-order valence-corrected chi connectivity index (χ4v) is 1.98. The van der Waals surface area contributed by atoms with Crippen molar-refractivity contribution in [1.29, 1.82) is 0 Å². The van der Waals surface area contributed by atoms with Crippen LogP contribution < -0.4 is 11.1 Å². The van der Waals surface area contributed by atoms with Crippen molar-refractivity contribution >= 4 is 18.3 Å². The third-order valence-corrected chi connectivity index (χ3v) is 3.35. The predicted octanol–water partition coefficient (Wildman–Crippen LogP) is 1.69. The smallest absolute Gasteiger partial charge is 0.228 e. The molecule has 0 aromatic heterocycles. The second-order valence-corrected chi connectivity index (χ2v) is 5.01. The molecule has 20 heavy (non-hydrogen) atoms. The number of nitrogens with two attached hydrogens (primary N) is 1. The van der Waals surface area contributed by atoms with Gasteiger partial charge in [-0.15, -0.1) is 12.4 Å². The summed E-state index contributed by atoms with van der Waals surface area (Å²) in [5, 5.41) is 2.88. The zero-order chi connectivity index (χ0) is 13.5. The molecule has 0 saturated heterocycles. The second kappa shape index (κ2) is 8.95. The number of benzene rings is 1. The summed E-state index contributed by atoms with van der Waals surface area (Å²) >= 11 is 0. The van der Waals surface area contributed by atoms with Crippen LogP contribution in [0.15, 0.2) is 30.3 Å². The first-order chi connectivity index (χ1) is 9.31. The Morgan fingerprint density at radius 1 is 1.35 bits per heavy atom. The average Bonchev–Trinajstić information content (AvgIpc) is 3.24. The normalized spacial score (nSPS) is 15.2. The van der Waals surface area contributed by atoms with E-state index in [0.717, 1.165) is 18.1 Å². The maximum atomic E-state index is 12.0. The summed E-state index contributed by atoms with van der Waals surface area (Å²) in [6.45, 7) is 2.27. The van der Waals surface area contributed by atoms with Gasteiger partial charge in [0.1, 0.15) is 0 Å². The van der Waals surface area contributed by atoms with E-state index in [4.69, 9.17) is 10.5 Å². The standard InChI is InChI=1S/C15H22N2O2.ClH/c16-10-14(13-4-2-1-3-5-13)15(18)17-8-9-19-11-12-6-7-12;/h1-5,12,14H,6-11,16H2,(H,17,18);1H. The van der Waals surface area contributed by atoms with Crippen LogP contribution in [-0.4, -0.2) is 32.2 Å². The summed E-state index contributed by atoms with van der Waals surface area (Å²) in [5.41, 5.74) is 6.65. The molecule has 1 amide bonds. The largest absolute Gasteiger partial charge is 0.379 e. The number of ether oxygens (including phenoxy) is 1. The molecule has 2 rings (SSSR count). The number of hydrogen-bond acceptors (Lipinski definition) is 3. The Labute approximate surface area is 126 Å². The van der Waals surface area contributed by atoms with E-state index in [2.05, 4.69) is 5.32 Å². The van der Waals surface area contributed by atoms with Crippen LogP contribution in [0.1, 0.15) is 24.3 Å². The number of hydrogen-bond donors (Lipinski definition) is 2. The fraction of sp³-hybridized carbons (Fsp3) is 0.533. The van der Waals surface area contributed by atoms with E-state index in [1.54, 1.807) is 0 Å². The Kier molecular flexibility index (Phi) is 7.59. The molecule has 1 aromatic rings. The van der Waals surface area contributed by atoms with E-state index >= 15 is 0 Å². The van der Waals surface area contributed by atoms with Crippen molar-refractivity contribution in [3.63, 3.8) is 0 Å². The molecule has 112 valence electrons. The van der Waals surface area contributed by atoms with Crippen LogP contribution in [0.3, 0.4) is 0 Å². The quantitative estimate of drug-likeness (QED) is 0.718. The van der Waals surface area contributed by atoms with Gasteiger partial charge in [0.2, 0.25) is 5.91 Å². The highest BCUT2D eigenvalue weighted by Crippen LogP contribution is 2.28. The molecule has 4 nitrogen and oxygen atoms in total. The molecule has 1 fully saturated rings. The molecule has 1 aliphatic carbocycles. The van der Waals surface area contributed by atoms with Crippen LogP contribution in [0.2, 0.25) is 0 Å². The number of halogens is 1. The third kappa shape index (κ3) is 5.49. The van der Waals surface area contributed by atoms with Gasteiger partial charge >= 0.3 is 0 Å². The minimum Gasteiger partial charge on any atom is -0.379 e. The fourth-order valence-electron chi connectivity index (χ4n) is 1.98. The maximum Gasteiger partial charge on any atom is 0.228 e. The van der Waals surface area contributed by atoms with Gasteiger partial charge in [-0.1, -0.05) is 30.3 Å². The molecule has 0 radical (unpaired) electrons. The molecule has 1 aliphatic rings. The summed E-state index contributed by atoms with van der Waals surface area (Å²) < 4.78 is 5.48. The van der Waals surface area contributed by atoms with Crippen molar-refractivity contribution in [3.05, 3.63) is 35.9 Å². The molecule has 0 aliphatic heterocycles. The van der Waals surface area contributed by atoms with E-state index in [1.807, 2.05) is 30.3 Å². The van der Waals surface area contributed by atoms with Crippen LogP contribution in [0, 0.1) is 5.92 Å². The van der Waals surface area contributed by atoms with Gasteiger partial charge in [0.05, 0.1) is 12.5 Å². The monoisotopic (exact) mass is 298 g/mol. The predicted molar refractivity (Wildman–Crippen MR) is 82.0 cm³/mol. The van der Waals surface area contributed by atoms with E-state index in [-0.39, 0.29) is 24.2 Å². The van der Waals surface area contributed by atoms with Gasteiger partial charge in [0, 0.05) is 19.7 Å². The number of carbonyl (C=O) groups is 1. The maximum absolute atomic E-state index is 12.0. The number of rotatable bonds is 8. The highest BCUT2D eigenvalue weighted by molar-refractivity contribution is 5.85. The van der Waals surface area contributed by atoms with Gasteiger partial charge in [-0.25, -0.2) is 0 Å². The summed E-state index contributed by atoms with van der Waals surface area (Å²) in [5.74, 6) is 0.463. The van der Waals surface area contributed by atoms with Gasteiger partial charge in [0.15, 0.2) is 0 Å². The second-order valence-electron chi connectivity index (χ2n) is 5.01. The Hall–Kier alpha value is -1.10. The Balaban J connectivity index is 0.00000200. The van der Waals surface area contributed by atoms with Crippen molar-refractivity contribution in [3.8, 4) is 0 Å². The molecule has 1 saturated carbocycles. The number of amides is 1. The molecular weight excluding hydrogens is 276 g/mol. The number of nitrogens with one attached hydrogen (secondary N) is 1. The molecular formula is C15H23ClN2O2. The van der Waals surface area contributed by atoms with Crippen LogP contribution >= 0.6 is 12.4 Å². The van der Waals surface area contributed by atoms with Gasteiger partial charge in [-0.3, -0.25) is 4.79 Å². The molecule has 0 spiro atoms. The van der Waals surface area contributed by atoms with E-state index < -0.39 is 0 Å². The average molecular weight is 299 g/mol. The summed E-state index contributed by atoms with van der Waals surface area (Å²) in [6.07, 6.45) is 2.57. The first-order valence-electron chi connectivity index (χ1n) is 6.91. The van der Waals surface area contributed by atoms with Crippen LogP contribution in [0.4, 0.5) is 0 Å². The first-order valence-corrected chi connectivity index (χ1v) is 6.91. The zero-order valence-corrected chi connectivity index (χ0v) is 12.4. The third-order valence-electron chi connectivity index (χ3n) is 3.35. The highest BCUT2D eigenvalue weighted by atomic mass is 35.5. The van der Waals surface area contributed by atoms with Crippen LogP contribution in [-0.2, 0) is 9.53 Å². The molecule has 1 aromatic carbocycles. The van der Waals surface area contributed by atoms with E-state index in [1.165, 1.54) is 12.8 Å². The molecule has 0 heterocycles. The lowest BCUT2D eigenvalue weighted by atomic mass is 9.98. The van der Waals surface area contributed by atoms with Gasteiger partial charge in [0.25, 0.3) is 0 Å². The first kappa shape index (κ1) is 17.0. The van der Waals surface area contributed by atoms with Crippen molar-refractivity contribution < 1.29 is 9.53 Å². The van der Waals surface area contributed by atoms with Gasteiger partial charge in [-0.05, 0) is 24.3 Å². The molecule has 1 atom stereocenters. The highest BCUT2D eigenvalue weighted by Gasteiger charge is 2.21. The molecule has 0 bridgehead atoms. The summed E-state index contributed by atoms with van der Waals surface area (Å²) in [6, 6.07) is 9.64. The van der Waals surface area contributed by atoms with Crippen molar-refractivity contribution in [2.75, 3.05) is 26.3 Å². The minimum absolute atomic E-state index is 0. The minimum atomic E-state index is -0.273. The van der Waals surface area contributed by atoms with E-state index in [9.17, 15) is 4.79 Å². The zero-order valence-electron chi connectivity index (χ0n) is 11.6. The SMILES string of the molecule is Cl.NCC(C(=O)NCCOCC1CC1)c1ccccc1. The Bertz CT molecular complexity index is 396. The molecule has 5 heteroatoms.